The molecule has 3 N–H and O–H groups in total. The van der Waals surface area contributed by atoms with Gasteiger partial charge < -0.3 is 29.7 Å². The standard InChI is InChI=1S/C17H17ClFN2O8P/c1-9-20-15(24)11(18)6-21(9)16-13(22)14(23)17(19,28-16)8-27-30(25)26-7-10-4-2-3-5-12(10)29-30/h2-6,13-14,16,22-23H,1,7-8H2,(H,20,24)/t13-,14+,16-,17-,30?/m1/s1/i8D2,16D. The molecule has 3 aliphatic rings. The van der Waals surface area contributed by atoms with Gasteiger partial charge in [0.25, 0.3) is 11.8 Å². The second-order valence-electron chi connectivity index (χ2n) is 6.34. The van der Waals surface area contributed by atoms with Crippen molar-refractivity contribution in [1.29, 1.82) is 0 Å². The molecule has 1 amide bonds. The summed E-state index contributed by atoms with van der Waals surface area (Å²) in [5, 5.41) is 22.4. The number of carbonyl (C=O) groups excluding carboxylic acids is 1. The average molecular weight is 466 g/mol. The number of hydrogen-bond acceptors (Lipinski definition) is 9. The molecule has 0 bridgehead atoms. The van der Waals surface area contributed by atoms with Crippen LogP contribution >= 0.6 is 19.4 Å². The van der Waals surface area contributed by atoms with Crippen LogP contribution in [0.2, 0.25) is 0 Å². The third-order valence-electron chi connectivity index (χ3n) is 4.29. The Bertz CT molecular complexity index is 1110. The van der Waals surface area contributed by atoms with E-state index in [0.29, 0.717) is 10.5 Å². The number of rotatable bonds is 4. The van der Waals surface area contributed by atoms with Crippen molar-refractivity contribution < 1.29 is 46.4 Å². The molecule has 4 rings (SSSR count). The average Bonchev–Trinajstić information content (AvgIpc) is 2.91. The summed E-state index contributed by atoms with van der Waals surface area (Å²) in [6, 6.07) is 6.17. The van der Waals surface area contributed by atoms with Crippen LogP contribution in [0.3, 0.4) is 0 Å². The Kier molecular flexibility index (Phi) is 4.49. The lowest BCUT2D eigenvalue weighted by atomic mass is 10.1. The zero-order valence-corrected chi connectivity index (χ0v) is 16.6. The van der Waals surface area contributed by atoms with Crippen molar-refractivity contribution >= 4 is 25.3 Å². The van der Waals surface area contributed by atoms with E-state index >= 15 is 4.39 Å². The third-order valence-corrected chi connectivity index (χ3v) is 5.74. The zero-order valence-electron chi connectivity index (χ0n) is 17.9. The van der Waals surface area contributed by atoms with E-state index in [1.165, 1.54) is 12.1 Å². The van der Waals surface area contributed by atoms with Crippen LogP contribution in [0.1, 0.15) is 9.68 Å². The molecule has 3 heterocycles. The van der Waals surface area contributed by atoms with Crippen LogP contribution in [-0.4, -0.2) is 51.8 Å². The van der Waals surface area contributed by atoms with Crippen molar-refractivity contribution in [3.05, 3.63) is 53.5 Å². The van der Waals surface area contributed by atoms with Gasteiger partial charge in [0.2, 0.25) is 0 Å². The number of fused-ring (bicyclic) bond motifs is 1. The lowest BCUT2D eigenvalue weighted by molar-refractivity contribution is -0.208. The fourth-order valence-electron chi connectivity index (χ4n) is 2.75. The Morgan fingerprint density at radius 1 is 1.53 bits per heavy atom. The number of nitrogens with zero attached hydrogens (tertiary/aromatic N) is 1. The molecule has 1 aromatic rings. The maximum Gasteiger partial charge on any atom is 0.530 e. The molecule has 1 fully saturated rings. The molecular weight excluding hydrogens is 446 g/mol. The molecule has 0 aromatic heterocycles. The smallest absolute Gasteiger partial charge is 0.404 e. The predicted molar refractivity (Wildman–Crippen MR) is 99.2 cm³/mol. The van der Waals surface area contributed by atoms with E-state index in [0.717, 1.165) is 6.20 Å². The molecule has 3 aliphatic heterocycles. The first-order chi connectivity index (χ1) is 15.2. The number of carbonyl (C=O) groups is 1. The molecule has 1 aromatic carbocycles. The Morgan fingerprint density at radius 3 is 3.03 bits per heavy atom. The summed E-state index contributed by atoms with van der Waals surface area (Å²) in [6.45, 7) is -0.666. The zero-order chi connectivity index (χ0) is 24.4. The number of amides is 1. The number of aliphatic hydroxyl groups excluding tert-OH is 2. The maximum atomic E-state index is 15.8. The summed E-state index contributed by atoms with van der Waals surface area (Å²) < 4.78 is 72.7. The summed E-state index contributed by atoms with van der Waals surface area (Å²) in [6.07, 6.45) is -7.40. The number of ether oxygens (including phenoxy) is 1. The van der Waals surface area contributed by atoms with Gasteiger partial charge in [-0.2, -0.15) is 0 Å². The van der Waals surface area contributed by atoms with Crippen molar-refractivity contribution in [2.75, 3.05) is 6.56 Å². The topological polar surface area (TPSA) is 127 Å². The van der Waals surface area contributed by atoms with Gasteiger partial charge in [-0.15, -0.1) is 0 Å². The Hall–Kier alpha value is -1.98. The molecule has 10 nitrogen and oxygen atoms in total. The maximum absolute atomic E-state index is 15.8. The molecule has 1 unspecified atom stereocenters. The van der Waals surface area contributed by atoms with Crippen LogP contribution in [0, 0.1) is 0 Å². The van der Waals surface area contributed by atoms with Crippen molar-refractivity contribution in [1.82, 2.24) is 10.2 Å². The van der Waals surface area contributed by atoms with Crippen LogP contribution in [0.4, 0.5) is 4.39 Å². The summed E-state index contributed by atoms with van der Waals surface area (Å²) in [7, 11) is -4.78. The van der Waals surface area contributed by atoms with Gasteiger partial charge in [-0.3, -0.25) is 13.8 Å². The van der Waals surface area contributed by atoms with Crippen molar-refractivity contribution in [2.45, 2.75) is 30.9 Å². The minimum Gasteiger partial charge on any atom is -0.404 e. The lowest BCUT2D eigenvalue weighted by Crippen LogP contribution is -2.47. The van der Waals surface area contributed by atoms with Gasteiger partial charge in [0.05, 0.1) is 10.7 Å². The van der Waals surface area contributed by atoms with Gasteiger partial charge >= 0.3 is 7.82 Å². The van der Waals surface area contributed by atoms with Gasteiger partial charge in [0.1, 0.15) is 35.4 Å². The first kappa shape index (κ1) is 17.7. The van der Waals surface area contributed by atoms with Gasteiger partial charge in [-0.05, 0) is 6.07 Å². The molecule has 1 saturated heterocycles. The van der Waals surface area contributed by atoms with E-state index in [2.05, 4.69) is 11.9 Å². The van der Waals surface area contributed by atoms with E-state index in [4.69, 9.17) is 34.0 Å². The predicted octanol–water partition coefficient (Wildman–Crippen LogP) is 1.45. The highest BCUT2D eigenvalue weighted by Crippen LogP contribution is 2.55. The normalized spacial score (nSPS) is 40.5. The Balaban J connectivity index is 1.63. The highest BCUT2D eigenvalue weighted by Gasteiger charge is 2.58. The quantitative estimate of drug-likeness (QED) is 0.566. The van der Waals surface area contributed by atoms with Crippen molar-refractivity contribution in [3.63, 3.8) is 0 Å². The number of para-hydroxylation sites is 1. The van der Waals surface area contributed by atoms with Crippen LogP contribution < -0.4 is 9.84 Å². The van der Waals surface area contributed by atoms with Gasteiger partial charge in [-0.1, -0.05) is 36.4 Å². The van der Waals surface area contributed by atoms with Crippen molar-refractivity contribution in [3.8, 4) is 5.75 Å². The highest BCUT2D eigenvalue weighted by molar-refractivity contribution is 7.49. The van der Waals surface area contributed by atoms with E-state index < -0.39 is 49.6 Å². The second-order valence-corrected chi connectivity index (χ2v) is 8.26. The molecule has 0 saturated carbocycles. The number of phosphoric acid groups is 1. The number of aliphatic hydroxyl groups is 2. The SMILES string of the molecule is [2H]C([2H])(OP1(=O)OCc2ccccc2O1)[C@@]1(F)O[C@@]([2H])(N2C=C(Cl)C(=O)NC2=C)[C@H](O)[C@@H]1O. The summed E-state index contributed by atoms with van der Waals surface area (Å²) >= 11 is 5.72. The minimum absolute atomic E-state index is 0.0405. The summed E-state index contributed by atoms with van der Waals surface area (Å²) in [5.41, 5.74) is 0.468. The largest absolute Gasteiger partial charge is 0.530 e. The van der Waals surface area contributed by atoms with Gasteiger partial charge in [0.15, 0.2) is 6.20 Å². The molecule has 13 heteroatoms. The summed E-state index contributed by atoms with van der Waals surface area (Å²) in [4.78, 5) is 12.2. The molecule has 0 aliphatic carbocycles. The molecule has 0 spiro atoms. The second kappa shape index (κ2) is 7.61. The number of alkyl halides is 1. The number of halogens is 2. The van der Waals surface area contributed by atoms with Crippen LogP contribution in [0.25, 0.3) is 0 Å². The summed E-state index contributed by atoms with van der Waals surface area (Å²) in [5.74, 6) is -5.14. The Morgan fingerprint density at radius 2 is 2.27 bits per heavy atom. The molecule has 5 atom stereocenters. The van der Waals surface area contributed by atoms with E-state index in [1.807, 2.05) is 0 Å². The number of benzene rings is 1. The monoisotopic (exact) mass is 465 g/mol. The Labute approximate surface area is 179 Å². The van der Waals surface area contributed by atoms with Crippen LogP contribution in [0.5, 0.6) is 5.75 Å². The van der Waals surface area contributed by atoms with Crippen LogP contribution in [-0.2, 0) is 29.8 Å². The molecular formula is C17H17ClFN2O8P. The molecule has 30 heavy (non-hydrogen) atoms. The van der Waals surface area contributed by atoms with Crippen molar-refractivity contribution in [2.24, 2.45) is 0 Å². The molecule has 162 valence electrons. The van der Waals surface area contributed by atoms with E-state index in [1.54, 1.807) is 12.1 Å². The number of nitrogens with one attached hydrogen (secondary N) is 1. The third kappa shape index (κ3) is 3.74. The minimum atomic E-state index is -4.78. The number of phosphoric ester groups is 1. The lowest BCUT2D eigenvalue weighted by Gasteiger charge is -2.33. The first-order valence-corrected chi connectivity index (χ1v) is 10.2. The van der Waals surface area contributed by atoms with E-state index in [-0.39, 0.29) is 18.2 Å². The first-order valence-electron chi connectivity index (χ1n) is 9.87. The van der Waals surface area contributed by atoms with Gasteiger partial charge in [-0.25, -0.2) is 8.96 Å². The molecule has 0 radical (unpaired) electrons. The van der Waals surface area contributed by atoms with E-state index in [9.17, 15) is 19.6 Å². The fourth-order valence-corrected chi connectivity index (χ4v) is 3.99. The number of hydrogen-bond donors (Lipinski definition) is 3. The fraction of sp³-hybridized carbons (Fsp3) is 0.353. The van der Waals surface area contributed by atoms with Crippen LogP contribution in [0.15, 0.2) is 47.9 Å². The van der Waals surface area contributed by atoms with Gasteiger partial charge in [0, 0.05) is 11.8 Å². The highest BCUT2D eigenvalue weighted by atomic mass is 35.5.